The van der Waals surface area contributed by atoms with Crippen molar-refractivity contribution in [1.82, 2.24) is 39.5 Å². The van der Waals surface area contributed by atoms with Crippen LogP contribution in [0.15, 0.2) is 122 Å². The van der Waals surface area contributed by atoms with Crippen molar-refractivity contribution in [3.8, 4) is 33.6 Å². The summed E-state index contributed by atoms with van der Waals surface area (Å²) in [5, 5.41) is 0. The molecular weight excluding hydrogens is 701 g/mol. The monoisotopic (exact) mass is 748 g/mol. The lowest BCUT2D eigenvalue weighted by atomic mass is 10.0. The van der Waals surface area contributed by atoms with E-state index in [0.717, 1.165) is 63.4 Å². The average Bonchev–Trinajstić information content (AvgIpc) is 4.06. The highest BCUT2D eigenvalue weighted by molar-refractivity contribution is 5.84. The van der Waals surface area contributed by atoms with Crippen molar-refractivity contribution in [3.05, 3.63) is 144 Å². The van der Waals surface area contributed by atoms with Gasteiger partial charge in [0.05, 0.1) is 36.4 Å². The Labute approximate surface area is 328 Å². The first-order valence-electron chi connectivity index (χ1n) is 19.2. The molecule has 2 aliphatic rings. The number of carbonyl (C=O) groups is 2. The number of carbonyl (C=O) groups excluding carboxylic acids is 2. The zero-order valence-corrected chi connectivity index (χ0v) is 32.3. The molecule has 2 aromatic heterocycles. The van der Waals surface area contributed by atoms with Gasteiger partial charge in [-0.2, -0.15) is 0 Å². The van der Waals surface area contributed by atoms with Gasteiger partial charge in [-0.3, -0.25) is 19.4 Å². The van der Waals surface area contributed by atoms with E-state index in [1.165, 1.54) is 0 Å². The molecule has 0 radical (unpaired) electrons. The molecule has 11 heteroatoms. The SMILES string of the molecule is CN(C)[C@@H](C(=O)N1CCC[C@H]1c1ncc(-c2ccc(-c3ccc(-c4cnc([C@@H]5OCCN5C(=O)[C@@H](c5ccccc5)N(C)C)[nH]4)cc3)cc2)[nH]1)c1ccccc1. The molecule has 0 spiro atoms. The van der Waals surface area contributed by atoms with Crippen molar-refractivity contribution in [2.45, 2.75) is 37.2 Å². The molecule has 6 aromatic rings. The molecule has 11 nitrogen and oxygen atoms in total. The summed E-state index contributed by atoms with van der Waals surface area (Å²) in [5.74, 6) is 1.51. The average molecular weight is 749 g/mol. The maximum atomic E-state index is 13.9. The van der Waals surface area contributed by atoms with Crippen molar-refractivity contribution in [1.29, 1.82) is 0 Å². The minimum atomic E-state index is -0.583. The fourth-order valence-corrected chi connectivity index (χ4v) is 8.09. The fraction of sp³-hybridized carbons (Fsp3) is 0.289. The van der Waals surface area contributed by atoms with E-state index in [2.05, 4.69) is 63.5 Å². The van der Waals surface area contributed by atoms with Gasteiger partial charge < -0.3 is 24.5 Å². The van der Waals surface area contributed by atoms with Crippen LogP contribution >= 0.6 is 0 Å². The second-order valence-electron chi connectivity index (χ2n) is 15.0. The lowest BCUT2D eigenvalue weighted by Crippen LogP contribution is -2.40. The number of amides is 2. The summed E-state index contributed by atoms with van der Waals surface area (Å²) in [6.45, 7) is 1.66. The van der Waals surface area contributed by atoms with E-state index in [1.54, 1.807) is 11.1 Å². The van der Waals surface area contributed by atoms with Crippen LogP contribution in [0.3, 0.4) is 0 Å². The van der Waals surface area contributed by atoms with Gasteiger partial charge in [0.1, 0.15) is 17.9 Å². The molecule has 4 heterocycles. The van der Waals surface area contributed by atoms with Gasteiger partial charge in [-0.15, -0.1) is 0 Å². The van der Waals surface area contributed by atoms with Crippen molar-refractivity contribution in [2.75, 3.05) is 47.9 Å². The third kappa shape index (κ3) is 7.40. The number of nitrogens with zero attached hydrogens (tertiary/aromatic N) is 6. The van der Waals surface area contributed by atoms with Gasteiger partial charge in [-0.05, 0) is 74.4 Å². The zero-order chi connectivity index (χ0) is 38.8. The Bertz CT molecular complexity index is 2090. The normalized spacial score (nSPS) is 18.2. The predicted octanol–water partition coefficient (Wildman–Crippen LogP) is 7.26. The Kier molecular flexibility index (Phi) is 10.6. The first kappa shape index (κ1) is 37.1. The van der Waals surface area contributed by atoms with E-state index >= 15 is 0 Å². The number of likely N-dealkylation sites (N-methyl/N-ethyl adjacent to an activating group) is 2. The van der Waals surface area contributed by atoms with Crippen molar-refractivity contribution < 1.29 is 14.3 Å². The van der Waals surface area contributed by atoms with Crippen LogP contribution in [0.5, 0.6) is 0 Å². The third-order valence-electron chi connectivity index (χ3n) is 10.9. The van der Waals surface area contributed by atoms with E-state index in [-0.39, 0.29) is 23.9 Å². The van der Waals surface area contributed by atoms with Crippen LogP contribution in [0.2, 0.25) is 0 Å². The Hall–Kier alpha value is -5.88. The molecule has 2 saturated heterocycles. The molecule has 4 aromatic carbocycles. The smallest absolute Gasteiger partial charge is 0.246 e. The van der Waals surface area contributed by atoms with Gasteiger partial charge in [0.25, 0.3) is 0 Å². The number of hydrogen-bond donors (Lipinski definition) is 2. The maximum Gasteiger partial charge on any atom is 0.246 e. The molecule has 2 fully saturated rings. The summed E-state index contributed by atoms with van der Waals surface area (Å²) in [7, 11) is 7.75. The van der Waals surface area contributed by atoms with Crippen LogP contribution in [-0.2, 0) is 14.3 Å². The van der Waals surface area contributed by atoms with Crippen molar-refractivity contribution in [2.24, 2.45) is 0 Å². The molecule has 0 unspecified atom stereocenters. The Morgan fingerprint density at radius 3 is 1.61 bits per heavy atom. The quantitative estimate of drug-likeness (QED) is 0.143. The molecule has 0 aliphatic carbocycles. The molecular formula is C45H48N8O3. The summed E-state index contributed by atoms with van der Waals surface area (Å²) >= 11 is 0. The van der Waals surface area contributed by atoms with E-state index in [0.29, 0.717) is 25.5 Å². The number of nitrogens with one attached hydrogen (secondary N) is 2. The first-order chi connectivity index (χ1) is 27.3. The van der Waals surface area contributed by atoms with Gasteiger partial charge in [0.15, 0.2) is 12.1 Å². The number of H-pyrrole nitrogens is 2. The van der Waals surface area contributed by atoms with Crippen LogP contribution in [0.25, 0.3) is 33.6 Å². The summed E-state index contributed by atoms with van der Waals surface area (Å²) in [4.78, 5) is 51.8. The van der Waals surface area contributed by atoms with Crippen LogP contribution in [0, 0.1) is 0 Å². The predicted molar refractivity (Wildman–Crippen MR) is 217 cm³/mol. The van der Waals surface area contributed by atoms with Crippen LogP contribution in [0.1, 0.15) is 60.0 Å². The molecule has 2 N–H and O–H groups in total. The highest BCUT2D eigenvalue weighted by atomic mass is 16.5. The molecule has 2 amide bonds. The number of likely N-dealkylation sites (tertiary alicyclic amines) is 1. The van der Waals surface area contributed by atoms with Crippen LogP contribution in [-0.4, -0.2) is 99.2 Å². The Balaban J connectivity index is 0.930. The minimum Gasteiger partial charge on any atom is -0.349 e. The summed E-state index contributed by atoms with van der Waals surface area (Å²) < 4.78 is 6.05. The number of rotatable bonds is 11. The molecule has 286 valence electrons. The second-order valence-corrected chi connectivity index (χ2v) is 15.0. The fourth-order valence-electron chi connectivity index (χ4n) is 8.09. The van der Waals surface area contributed by atoms with Crippen LogP contribution < -0.4 is 0 Å². The molecule has 56 heavy (non-hydrogen) atoms. The third-order valence-corrected chi connectivity index (χ3v) is 10.9. The standard InChI is InChI=1S/C45H48N8O3/c1-50(2)39(34-12-7-5-8-13-34)43(54)52-25-11-16-38(52)41-46-28-36(48-41)32-21-17-30(18-22-32)31-19-23-33(24-20-31)37-29-47-42(49-37)45-53(26-27-56-45)44(55)40(51(3)4)35-14-9-6-10-15-35/h5-10,12-15,17-24,28-29,38-40,45H,11,16,25-27H2,1-4H3,(H,46,48)(H,47,49)/t38-,39+,40+,45-/m0/s1. The van der Waals surface area contributed by atoms with Gasteiger partial charge in [0, 0.05) is 13.1 Å². The largest absolute Gasteiger partial charge is 0.349 e. The zero-order valence-electron chi connectivity index (χ0n) is 32.3. The van der Waals surface area contributed by atoms with Crippen molar-refractivity contribution in [3.63, 3.8) is 0 Å². The van der Waals surface area contributed by atoms with E-state index in [1.807, 2.05) is 110 Å². The number of aromatic nitrogens is 4. The topological polar surface area (TPSA) is 114 Å². The van der Waals surface area contributed by atoms with E-state index < -0.39 is 12.3 Å². The molecule has 2 aliphatic heterocycles. The second kappa shape index (κ2) is 16.1. The summed E-state index contributed by atoms with van der Waals surface area (Å²) in [6.07, 6.45) is 4.90. The van der Waals surface area contributed by atoms with Gasteiger partial charge >= 0.3 is 0 Å². The number of ether oxygens (including phenoxy) is 1. The van der Waals surface area contributed by atoms with Gasteiger partial charge in [-0.25, -0.2) is 9.97 Å². The lowest BCUT2D eigenvalue weighted by Gasteiger charge is -2.31. The highest BCUT2D eigenvalue weighted by Gasteiger charge is 2.39. The minimum absolute atomic E-state index is 0.0187. The molecule has 0 bridgehead atoms. The molecule has 0 saturated carbocycles. The van der Waals surface area contributed by atoms with Crippen molar-refractivity contribution >= 4 is 11.8 Å². The highest BCUT2D eigenvalue weighted by Crippen LogP contribution is 2.36. The number of imidazole rings is 2. The number of aromatic amines is 2. The number of benzene rings is 4. The summed E-state index contributed by atoms with van der Waals surface area (Å²) in [5.41, 5.74) is 7.91. The lowest BCUT2D eigenvalue weighted by molar-refractivity contribution is -0.142. The Morgan fingerprint density at radius 1 is 0.625 bits per heavy atom. The van der Waals surface area contributed by atoms with Gasteiger partial charge in [-0.1, -0.05) is 109 Å². The molecule has 4 atom stereocenters. The summed E-state index contributed by atoms with van der Waals surface area (Å²) in [6, 6.07) is 35.7. The maximum absolute atomic E-state index is 13.9. The first-order valence-corrected chi connectivity index (χ1v) is 19.2. The Morgan fingerprint density at radius 2 is 1.09 bits per heavy atom. The van der Waals surface area contributed by atoms with Gasteiger partial charge in [0.2, 0.25) is 11.8 Å². The number of hydrogen-bond acceptors (Lipinski definition) is 7. The van der Waals surface area contributed by atoms with E-state index in [9.17, 15) is 9.59 Å². The van der Waals surface area contributed by atoms with Crippen LogP contribution in [0.4, 0.5) is 0 Å². The van der Waals surface area contributed by atoms with E-state index in [4.69, 9.17) is 9.72 Å². The molecule has 8 rings (SSSR count).